The van der Waals surface area contributed by atoms with Gasteiger partial charge >= 0.3 is 5.97 Å². The fraction of sp³-hybridized carbons (Fsp3) is 0.417. The van der Waals surface area contributed by atoms with Gasteiger partial charge in [-0.15, -0.1) is 0 Å². The van der Waals surface area contributed by atoms with Crippen LogP contribution in [0.5, 0.6) is 0 Å². The highest BCUT2D eigenvalue weighted by atomic mass is 16.5. The molecule has 1 amide bonds. The number of aromatic nitrogens is 1. The topological polar surface area (TPSA) is 77.4 Å². The minimum Gasteiger partial charge on any atom is -0.469 e. The molecule has 0 atom stereocenters. The maximum Gasteiger partial charge on any atom is 0.305 e. The summed E-state index contributed by atoms with van der Waals surface area (Å²) in [5.41, 5.74) is -0.220. The number of hydrogen-bond acceptors (Lipinski definition) is 4. The van der Waals surface area contributed by atoms with E-state index in [1.807, 2.05) is 0 Å². The zero-order valence-corrected chi connectivity index (χ0v) is 10.2. The third-order valence-corrected chi connectivity index (χ3v) is 2.32. The number of methoxy groups -OCH3 is 1. The zero-order chi connectivity index (χ0) is 13.4. The molecular weight excluding hydrogens is 236 g/mol. The van der Waals surface area contributed by atoms with Gasteiger partial charge in [0.25, 0.3) is 5.56 Å². The minimum absolute atomic E-state index is 0.0160. The molecule has 0 fully saturated rings. The number of ether oxygens (including phenoxy) is 1. The third kappa shape index (κ3) is 4.82. The van der Waals surface area contributed by atoms with Crippen LogP contribution < -0.4 is 10.9 Å². The van der Waals surface area contributed by atoms with Crippen LogP contribution in [-0.2, 0) is 20.9 Å². The highest BCUT2D eigenvalue weighted by Gasteiger charge is 2.04. The first-order valence-electron chi connectivity index (χ1n) is 5.62. The number of nitrogens with one attached hydrogen (secondary N) is 1. The van der Waals surface area contributed by atoms with Crippen molar-refractivity contribution >= 4 is 11.9 Å². The molecule has 1 heterocycles. The summed E-state index contributed by atoms with van der Waals surface area (Å²) in [5, 5.41) is 2.63. The first-order chi connectivity index (χ1) is 8.63. The lowest BCUT2D eigenvalue weighted by atomic mass is 10.3. The molecule has 0 spiro atoms. The zero-order valence-electron chi connectivity index (χ0n) is 10.2. The fourth-order valence-electron chi connectivity index (χ4n) is 1.36. The number of hydrogen-bond donors (Lipinski definition) is 1. The molecular formula is C12H16N2O4. The molecule has 1 aromatic rings. The maximum atomic E-state index is 11.5. The van der Waals surface area contributed by atoms with Gasteiger partial charge in [-0.25, -0.2) is 0 Å². The summed E-state index contributed by atoms with van der Waals surface area (Å²) in [7, 11) is 1.32. The van der Waals surface area contributed by atoms with E-state index in [9.17, 15) is 14.4 Å². The molecule has 0 radical (unpaired) electrons. The molecule has 1 aromatic heterocycles. The van der Waals surface area contributed by atoms with Crippen LogP contribution >= 0.6 is 0 Å². The summed E-state index contributed by atoms with van der Waals surface area (Å²) < 4.78 is 5.79. The SMILES string of the molecule is COC(=O)CCCNC(=O)Cn1ccccc1=O. The summed E-state index contributed by atoms with van der Waals surface area (Å²) >= 11 is 0. The molecule has 0 aliphatic carbocycles. The van der Waals surface area contributed by atoms with Crippen molar-refractivity contribution in [1.82, 2.24) is 9.88 Å². The lowest BCUT2D eigenvalue weighted by Crippen LogP contribution is -2.32. The smallest absolute Gasteiger partial charge is 0.305 e. The van der Waals surface area contributed by atoms with E-state index in [1.165, 1.54) is 17.7 Å². The minimum atomic E-state index is -0.302. The van der Waals surface area contributed by atoms with Gasteiger partial charge in [0.1, 0.15) is 6.54 Å². The van der Waals surface area contributed by atoms with Crippen molar-refractivity contribution in [3.63, 3.8) is 0 Å². The second kappa shape index (κ2) is 7.26. The second-order valence-electron chi connectivity index (χ2n) is 3.70. The Balaban J connectivity index is 2.28. The lowest BCUT2D eigenvalue weighted by Gasteiger charge is -2.06. The van der Waals surface area contributed by atoms with Crippen molar-refractivity contribution in [2.24, 2.45) is 0 Å². The molecule has 0 bridgehead atoms. The maximum absolute atomic E-state index is 11.5. The van der Waals surface area contributed by atoms with E-state index in [0.717, 1.165) is 0 Å². The van der Waals surface area contributed by atoms with Crippen molar-refractivity contribution in [2.75, 3.05) is 13.7 Å². The number of amides is 1. The Morgan fingerprint density at radius 3 is 2.83 bits per heavy atom. The van der Waals surface area contributed by atoms with Gasteiger partial charge in [0.15, 0.2) is 0 Å². The molecule has 0 aromatic carbocycles. The normalized spacial score (nSPS) is 9.83. The Morgan fingerprint density at radius 2 is 2.17 bits per heavy atom. The molecule has 98 valence electrons. The van der Waals surface area contributed by atoms with Crippen LogP contribution in [-0.4, -0.2) is 30.1 Å². The molecule has 0 saturated carbocycles. The monoisotopic (exact) mass is 252 g/mol. The van der Waals surface area contributed by atoms with Gasteiger partial charge in [-0.1, -0.05) is 6.07 Å². The van der Waals surface area contributed by atoms with Crippen LogP contribution in [0, 0.1) is 0 Å². The van der Waals surface area contributed by atoms with Crippen molar-refractivity contribution in [2.45, 2.75) is 19.4 Å². The van der Waals surface area contributed by atoms with E-state index in [4.69, 9.17) is 0 Å². The van der Waals surface area contributed by atoms with Gasteiger partial charge in [-0.05, 0) is 12.5 Å². The fourth-order valence-corrected chi connectivity index (χ4v) is 1.36. The highest BCUT2D eigenvalue weighted by Crippen LogP contribution is 1.90. The third-order valence-electron chi connectivity index (χ3n) is 2.32. The van der Waals surface area contributed by atoms with Gasteiger partial charge in [-0.2, -0.15) is 0 Å². The number of pyridine rings is 1. The van der Waals surface area contributed by atoms with E-state index in [-0.39, 0.29) is 30.4 Å². The van der Waals surface area contributed by atoms with Crippen LogP contribution in [0.1, 0.15) is 12.8 Å². The largest absolute Gasteiger partial charge is 0.469 e. The van der Waals surface area contributed by atoms with Crippen molar-refractivity contribution in [3.8, 4) is 0 Å². The van der Waals surface area contributed by atoms with E-state index < -0.39 is 0 Å². The molecule has 0 aliphatic heterocycles. The number of rotatable bonds is 6. The standard InChI is InChI=1S/C12H16N2O4/c1-18-12(17)6-4-7-13-10(15)9-14-8-3-2-5-11(14)16/h2-3,5,8H,4,6-7,9H2,1H3,(H,13,15). The Morgan fingerprint density at radius 1 is 1.39 bits per heavy atom. The Kier molecular flexibility index (Phi) is 5.63. The molecule has 0 saturated heterocycles. The predicted molar refractivity (Wildman–Crippen MR) is 65.0 cm³/mol. The molecule has 0 unspecified atom stereocenters. The van der Waals surface area contributed by atoms with Crippen molar-refractivity contribution in [3.05, 3.63) is 34.7 Å². The second-order valence-corrected chi connectivity index (χ2v) is 3.70. The molecule has 6 nitrogen and oxygen atoms in total. The summed E-state index contributed by atoms with van der Waals surface area (Å²) in [4.78, 5) is 33.6. The molecule has 1 rings (SSSR count). The first kappa shape index (κ1) is 14.0. The Hall–Kier alpha value is -2.11. The summed E-state index contributed by atoms with van der Waals surface area (Å²) in [6.45, 7) is 0.368. The van der Waals surface area contributed by atoms with Gasteiger partial charge in [0.2, 0.25) is 5.91 Å². The average Bonchev–Trinajstić information content (AvgIpc) is 2.37. The quantitative estimate of drug-likeness (QED) is 0.567. The van der Waals surface area contributed by atoms with Crippen LogP contribution in [0.3, 0.4) is 0 Å². The first-order valence-corrected chi connectivity index (χ1v) is 5.62. The Bertz CT molecular complexity index is 467. The van der Waals surface area contributed by atoms with Crippen LogP contribution in [0.25, 0.3) is 0 Å². The number of carbonyl (C=O) groups excluding carboxylic acids is 2. The molecule has 1 N–H and O–H groups in total. The van der Waals surface area contributed by atoms with Crippen molar-refractivity contribution in [1.29, 1.82) is 0 Å². The lowest BCUT2D eigenvalue weighted by molar-refractivity contribution is -0.140. The molecule has 18 heavy (non-hydrogen) atoms. The summed E-state index contributed by atoms with van der Waals surface area (Å²) in [6, 6.07) is 4.70. The van der Waals surface area contributed by atoms with E-state index in [1.54, 1.807) is 18.3 Å². The summed E-state index contributed by atoms with van der Waals surface area (Å²) in [6.07, 6.45) is 2.33. The number of carbonyl (C=O) groups is 2. The summed E-state index contributed by atoms with van der Waals surface area (Å²) in [5.74, 6) is -0.559. The number of nitrogens with zero attached hydrogens (tertiary/aromatic N) is 1. The van der Waals surface area contributed by atoms with Gasteiger partial charge in [0.05, 0.1) is 7.11 Å². The van der Waals surface area contributed by atoms with E-state index in [0.29, 0.717) is 13.0 Å². The van der Waals surface area contributed by atoms with Crippen LogP contribution in [0.4, 0.5) is 0 Å². The van der Waals surface area contributed by atoms with E-state index in [2.05, 4.69) is 10.1 Å². The van der Waals surface area contributed by atoms with E-state index >= 15 is 0 Å². The Labute approximate surface area is 105 Å². The molecule has 0 aliphatic rings. The van der Waals surface area contributed by atoms with Gasteiger partial charge in [0, 0.05) is 25.2 Å². The highest BCUT2D eigenvalue weighted by molar-refractivity contribution is 5.75. The number of esters is 1. The van der Waals surface area contributed by atoms with Crippen LogP contribution in [0.15, 0.2) is 29.2 Å². The van der Waals surface area contributed by atoms with Gasteiger partial charge < -0.3 is 14.6 Å². The van der Waals surface area contributed by atoms with Gasteiger partial charge in [-0.3, -0.25) is 14.4 Å². The van der Waals surface area contributed by atoms with Crippen molar-refractivity contribution < 1.29 is 14.3 Å². The van der Waals surface area contributed by atoms with Crippen LogP contribution in [0.2, 0.25) is 0 Å². The predicted octanol–water partition coefficient (Wildman–Crippen LogP) is -0.0823. The molecule has 6 heteroatoms. The average molecular weight is 252 g/mol.